The SMILES string of the molecule is CNC(=O)CNc1cccc(F)c1N. The fourth-order valence-corrected chi connectivity index (χ4v) is 0.955. The first-order chi connectivity index (χ1) is 6.65. The van der Waals surface area contributed by atoms with Crippen molar-refractivity contribution in [2.45, 2.75) is 0 Å². The number of anilines is 2. The Balaban J connectivity index is 2.68. The Morgan fingerprint density at radius 3 is 2.93 bits per heavy atom. The summed E-state index contributed by atoms with van der Waals surface area (Å²) in [5.41, 5.74) is 5.89. The number of likely N-dealkylation sites (N-methyl/N-ethyl adjacent to an activating group) is 1. The fourth-order valence-electron chi connectivity index (χ4n) is 0.955. The van der Waals surface area contributed by atoms with Crippen molar-refractivity contribution in [2.75, 3.05) is 24.6 Å². The maximum absolute atomic E-state index is 12.9. The lowest BCUT2D eigenvalue weighted by atomic mass is 10.2. The molecule has 5 heteroatoms. The summed E-state index contributed by atoms with van der Waals surface area (Å²) in [6, 6.07) is 4.40. The largest absolute Gasteiger partial charge is 0.395 e. The van der Waals surface area contributed by atoms with Crippen LogP contribution in [0.2, 0.25) is 0 Å². The van der Waals surface area contributed by atoms with Gasteiger partial charge in [0.1, 0.15) is 5.82 Å². The quantitative estimate of drug-likeness (QED) is 0.620. The average Bonchev–Trinajstić information content (AvgIpc) is 2.20. The van der Waals surface area contributed by atoms with Crippen LogP contribution in [0.1, 0.15) is 0 Å². The Morgan fingerprint density at radius 1 is 1.57 bits per heavy atom. The van der Waals surface area contributed by atoms with Crippen molar-refractivity contribution in [2.24, 2.45) is 0 Å². The predicted octanol–water partition coefficient (Wildman–Crippen LogP) is 0.566. The highest BCUT2D eigenvalue weighted by atomic mass is 19.1. The summed E-state index contributed by atoms with van der Waals surface area (Å²) in [6.07, 6.45) is 0. The van der Waals surface area contributed by atoms with E-state index < -0.39 is 5.82 Å². The molecule has 0 saturated carbocycles. The van der Waals surface area contributed by atoms with Gasteiger partial charge in [0.2, 0.25) is 5.91 Å². The molecule has 0 atom stereocenters. The molecule has 0 aliphatic rings. The van der Waals surface area contributed by atoms with Crippen molar-refractivity contribution in [3.63, 3.8) is 0 Å². The molecule has 0 aliphatic heterocycles. The number of hydrogen-bond donors (Lipinski definition) is 3. The second-order valence-electron chi connectivity index (χ2n) is 2.73. The zero-order valence-electron chi connectivity index (χ0n) is 7.80. The monoisotopic (exact) mass is 197 g/mol. The summed E-state index contributed by atoms with van der Waals surface area (Å²) in [7, 11) is 1.53. The summed E-state index contributed by atoms with van der Waals surface area (Å²) in [5, 5.41) is 5.16. The van der Waals surface area contributed by atoms with Crippen molar-refractivity contribution < 1.29 is 9.18 Å². The number of hydrogen-bond acceptors (Lipinski definition) is 3. The van der Waals surface area contributed by atoms with Crippen molar-refractivity contribution in [3.05, 3.63) is 24.0 Å². The van der Waals surface area contributed by atoms with E-state index in [-0.39, 0.29) is 18.1 Å². The van der Waals surface area contributed by atoms with Crippen molar-refractivity contribution in [3.8, 4) is 0 Å². The number of nitrogens with one attached hydrogen (secondary N) is 2. The maximum atomic E-state index is 12.9. The van der Waals surface area contributed by atoms with Gasteiger partial charge >= 0.3 is 0 Å². The van der Waals surface area contributed by atoms with E-state index >= 15 is 0 Å². The first-order valence-corrected chi connectivity index (χ1v) is 4.13. The lowest BCUT2D eigenvalue weighted by molar-refractivity contribution is -0.118. The van der Waals surface area contributed by atoms with Gasteiger partial charge in [-0.05, 0) is 12.1 Å². The minimum absolute atomic E-state index is 0.0244. The summed E-state index contributed by atoms with van der Waals surface area (Å²) in [5.74, 6) is -0.680. The second kappa shape index (κ2) is 4.45. The number of amides is 1. The van der Waals surface area contributed by atoms with Gasteiger partial charge in [0, 0.05) is 7.05 Å². The van der Waals surface area contributed by atoms with E-state index in [1.54, 1.807) is 6.07 Å². The smallest absolute Gasteiger partial charge is 0.239 e. The first kappa shape index (κ1) is 10.3. The molecule has 4 nitrogen and oxygen atoms in total. The van der Waals surface area contributed by atoms with Crippen LogP contribution < -0.4 is 16.4 Å². The lowest BCUT2D eigenvalue weighted by Crippen LogP contribution is -2.26. The molecule has 0 aromatic heterocycles. The van der Waals surface area contributed by atoms with Crippen molar-refractivity contribution in [1.29, 1.82) is 0 Å². The summed E-state index contributed by atoms with van der Waals surface area (Å²) < 4.78 is 12.9. The van der Waals surface area contributed by atoms with Gasteiger partial charge in [-0.25, -0.2) is 4.39 Å². The van der Waals surface area contributed by atoms with Crippen molar-refractivity contribution >= 4 is 17.3 Å². The van der Waals surface area contributed by atoms with Crippen LogP contribution in [0.25, 0.3) is 0 Å². The van der Waals surface area contributed by atoms with E-state index in [0.29, 0.717) is 5.69 Å². The molecule has 14 heavy (non-hydrogen) atoms. The standard InChI is InChI=1S/C9H12FN3O/c1-12-8(14)5-13-7-4-2-3-6(10)9(7)11/h2-4,13H,5,11H2,1H3,(H,12,14). The minimum Gasteiger partial charge on any atom is -0.395 e. The number of carbonyl (C=O) groups excluding carboxylic acids is 1. The van der Waals surface area contributed by atoms with E-state index in [0.717, 1.165) is 0 Å². The third kappa shape index (κ3) is 2.35. The molecule has 0 unspecified atom stereocenters. The van der Waals surface area contributed by atoms with E-state index in [2.05, 4.69) is 10.6 Å². The number of nitrogen functional groups attached to an aromatic ring is 1. The van der Waals surface area contributed by atoms with Crippen LogP contribution in [-0.4, -0.2) is 19.5 Å². The number of benzene rings is 1. The van der Waals surface area contributed by atoms with E-state index in [1.165, 1.54) is 19.2 Å². The number of halogens is 1. The van der Waals surface area contributed by atoms with Crippen LogP contribution in [-0.2, 0) is 4.79 Å². The molecule has 1 aromatic carbocycles. The van der Waals surface area contributed by atoms with Gasteiger partial charge in [-0.15, -0.1) is 0 Å². The summed E-state index contributed by atoms with van der Waals surface area (Å²) in [6.45, 7) is 0.0736. The van der Waals surface area contributed by atoms with Crippen LogP contribution in [0.15, 0.2) is 18.2 Å². The Kier molecular flexibility index (Phi) is 3.28. The van der Waals surface area contributed by atoms with Crippen LogP contribution in [0.5, 0.6) is 0 Å². The highest BCUT2D eigenvalue weighted by Crippen LogP contribution is 2.20. The van der Waals surface area contributed by atoms with Gasteiger partial charge in [0.25, 0.3) is 0 Å². The molecule has 1 rings (SSSR count). The average molecular weight is 197 g/mol. The normalized spacial score (nSPS) is 9.57. The van der Waals surface area contributed by atoms with Crippen LogP contribution in [0.4, 0.5) is 15.8 Å². The van der Waals surface area contributed by atoms with Crippen LogP contribution in [0, 0.1) is 5.82 Å². The Morgan fingerprint density at radius 2 is 2.29 bits per heavy atom. The van der Waals surface area contributed by atoms with E-state index in [9.17, 15) is 9.18 Å². The molecule has 76 valence electrons. The highest BCUT2D eigenvalue weighted by Gasteiger charge is 2.04. The molecule has 0 saturated heterocycles. The molecule has 1 amide bonds. The molecule has 1 aromatic rings. The molecule has 0 aliphatic carbocycles. The Labute approximate surface area is 81.3 Å². The van der Waals surface area contributed by atoms with Gasteiger partial charge < -0.3 is 16.4 Å². The van der Waals surface area contributed by atoms with Crippen LogP contribution >= 0.6 is 0 Å². The Bertz CT molecular complexity index is 341. The predicted molar refractivity (Wildman–Crippen MR) is 53.4 cm³/mol. The first-order valence-electron chi connectivity index (χ1n) is 4.13. The number of carbonyl (C=O) groups is 1. The molecule has 0 spiro atoms. The molecule has 0 bridgehead atoms. The number of nitrogens with two attached hydrogens (primary N) is 1. The molecule has 0 radical (unpaired) electrons. The lowest BCUT2D eigenvalue weighted by Gasteiger charge is -2.08. The zero-order chi connectivity index (χ0) is 10.6. The molecular formula is C9H12FN3O. The second-order valence-corrected chi connectivity index (χ2v) is 2.73. The van der Waals surface area contributed by atoms with Gasteiger partial charge in [-0.2, -0.15) is 0 Å². The van der Waals surface area contributed by atoms with Gasteiger partial charge in [0.05, 0.1) is 17.9 Å². The van der Waals surface area contributed by atoms with Crippen LogP contribution in [0.3, 0.4) is 0 Å². The van der Waals surface area contributed by atoms with Gasteiger partial charge in [-0.1, -0.05) is 6.07 Å². The zero-order valence-corrected chi connectivity index (χ0v) is 7.80. The fraction of sp³-hybridized carbons (Fsp3) is 0.222. The molecule has 4 N–H and O–H groups in total. The van der Waals surface area contributed by atoms with E-state index in [4.69, 9.17) is 5.73 Å². The third-order valence-corrected chi connectivity index (χ3v) is 1.77. The summed E-state index contributed by atoms with van der Waals surface area (Å²) in [4.78, 5) is 10.9. The van der Waals surface area contributed by atoms with Crippen molar-refractivity contribution in [1.82, 2.24) is 5.32 Å². The maximum Gasteiger partial charge on any atom is 0.239 e. The highest BCUT2D eigenvalue weighted by molar-refractivity contribution is 5.81. The van der Waals surface area contributed by atoms with Gasteiger partial charge in [0.15, 0.2) is 0 Å². The Hall–Kier alpha value is -1.78. The van der Waals surface area contributed by atoms with E-state index in [1.807, 2.05) is 0 Å². The molecule has 0 heterocycles. The number of rotatable bonds is 3. The molecular weight excluding hydrogens is 185 g/mol. The minimum atomic E-state index is -0.494. The topological polar surface area (TPSA) is 67.2 Å². The molecule has 0 fully saturated rings. The third-order valence-electron chi connectivity index (χ3n) is 1.77. The summed E-state index contributed by atoms with van der Waals surface area (Å²) >= 11 is 0. The number of para-hydroxylation sites is 1. The van der Waals surface area contributed by atoms with Gasteiger partial charge in [-0.3, -0.25) is 4.79 Å².